The average Bonchev–Trinajstić information content (AvgIpc) is 2.61. The molecule has 0 aliphatic heterocycles. The van der Waals surface area contributed by atoms with E-state index in [0.29, 0.717) is 12.2 Å². The van der Waals surface area contributed by atoms with E-state index in [-0.39, 0.29) is 22.1 Å². The zero-order valence-electron chi connectivity index (χ0n) is 14.5. The summed E-state index contributed by atoms with van der Waals surface area (Å²) in [5, 5.41) is 2.65. The standard InChI is InChI=1S/C18H22N2O4S/c1-4-13-6-9-15(10-7-13)20-25(22,23)17-12-14(18(21)19-5-2)8-11-16(17)24-3/h6-12,20H,4-5H2,1-3H3,(H,19,21). The van der Waals surface area contributed by atoms with Gasteiger partial charge in [-0.3, -0.25) is 9.52 Å². The van der Waals surface area contributed by atoms with Gasteiger partial charge in [0.2, 0.25) is 0 Å². The van der Waals surface area contributed by atoms with Gasteiger partial charge in [0.15, 0.2) is 0 Å². The van der Waals surface area contributed by atoms with Crippen LogP contribution in [0.15, 0.2) is 47.4 Å². The maximum atomic E-state index is 12.7. The highest BCUT2D eigenvalue weighted by molar-refractivity contribution is 7.92. The molecule has 2 aromatic carbocycles. The van der Waals surface area contributed by atoms with Gasteiger partial charge in [0.25, 0.3) is 15.9 Å². The fraction of sp³-hybridized carbons (Fsp3) is 0.278. The Balaban J connectivity index is 2.38. The van der Waals surface area contributed by atoms with Crippen molar-refractivity contribution in [3.63, 3.8) is 0 Å². The van der Waals surface area contributed by atoms with Gasteiger partial charge < -0.3 is 10.1 Å². The van der Waals surface area contributed by atoms with Gasteiger partial charge in [0.05, 0.1) is 7.11 Å². The number of carbonyl (C=O) groups excluding carboxylic acids is 1. The molecule has 0 aromatic heterocycles. The number of nitrogens with one attached hydrogen (secondary N) is 2. The van der Waals surface area contributed by atoms with Crippen LogP contribution in [0.25, 0.3) is 0 Å². The molecule has 0 aliphatic carbocycles. The summed E-state index contributed by atoms with van der Waals surface area (Å²) >= 11 is 0. The van der Waals surface area contributed by atoms with Crippen molar-refractivity contribution in [2.24, 2.45) is 0 Å². The van der Waals surface area contributed by atoms with Gasteiger partial charge in [-0.25, -0.2) is 8.42 Å². The monoisotopic (exact) mass is 362 g/mol. The third-order valence-electron chi connectivity index (χ3n) is 3.67. The molecule has 2 N–H and O–H groups in total. The molecule has 0 saturated carbocycles. The number of anilines is 1. The quantitative estimate of drug-likeness (QED) is 0.793. The van der Waals surface area contributed by atoms with Crippen LogP contribution in [0.1, 0.15) is 29.8 Å². The maximum Gasteiger partial charge on any atom is 0.265 e. The second-order valence-electron chi connectivity index (χ2n) is 5.38. The van der Waals surface area contributed by atoms with Crippen molar-refractivity contribution < 1.29 is 17.9 Å². The summed E-state index contributed by atoms with van der Waals surface area (Å²) in [4.78, 5) is 11.9. The largest absolute Gasteiger partial charge is 0.495 e. The van der Waals surface area contributed by atoms with E-state index >= 15 is 0 Å². The third-order valence-corrected chi connectivity index (χ3v) is 5.07. The van der Waals surface area contributed by atoms with Gasteiger partial charge in [-0.15, -0.1) is 0 Å². The molecule has 0 radical (unpaired) electrons. The van der Waals surface area contributed by atoms with E-state index in [4.69, 9.17) is 4.74 Å². The fourth-order valence-corrected chi connectivity index (χ4v) is 3.56. The van der Waals surface area contributed by atoms with Crippen LogP contribution in [0.5, 0.6) is 5.75 Å². The molecule has 1 amide bonds. The van der Waals surface area contributed by atoms with Crippen molar-refractivity contribution >= 4 is 21.6 Å². The van der Waals surface area contributed by atoms with Crippen molar-refractivity contribution in [1.29, 1.82) is 0 Å². The molecule has 25 heavy (non-hydrogen) atoms. The van der Waals surface area contributed by atoms with Gasteiger partial charge in [0, 0.05) is 17.8 Å². The highest BCUT2D eigenvalue weighted by atomic mass is 32.2. The zero-order valence-corrected chi connectivity index (χ0v) is 15.3. The Hall–Kier alpha value is -2.54. The second kappa shape index (κ2) is 8.02. The molecule has 7 heteroatoms. The summed E-state index contributed by atoms with van der Waals surface area (Å²) in [6, 6.07) is 11.4. The first-order valence-corrected chi connectivity index (χ1v) is 9.47. The Labute approximate surface area is 148 Å². The van der Waals surface area contributed by atoms with Crippen molar-refractivity contribution in [1.82, 2.24) is 5.32 Å². The number of hydrogen-bond donors (Lipinski definition) is 2. The molecule has 0 saturated heterocycles. The van der Waals surface area contributed by atoms with E-state index in [9.17, 15) is 13.2 Å². The van der Waals surface area contributed by atoms with Crippen LogP contribution >= 0.6 is 0 Å². The van der Waals surface area contributed by atoms with Gasteiger partial charge in [-0.1, -0.05) is 19.1 Å². The summed E-state index contributed by atoms with van der Waals surface area (Å²) in [6.07, 6.45) is 0.870. The first-order chi connectivity index (χ1) is 11.9. The Bertz CT molecular complexity index is 846. The van der Waals surface area contributed by atoms with Crippen LogP contribution < -0.4 is 14.8 Å². The lowest BCUT2D eigenvalue weighted by Gasteiger charge is -2.13. The molecule has 0 fully saturated rings. The van der Waals surface area contributed by atoms with Crippen molar-refractivity contribution in [3.05, 3.63) is 53.6 Å². The second-order valence-corrected chi connectivity index (χ2v) is 7.03. The summed E-state index contributed by atoms with van der Waals surface area (Å²) < 4.78 is 33.2. The summed E-state index contributed by atoms with van der Waals surface area (Å²) in [5.74, 6) is -0.167. The normalized spacial score (nSPS) is 11.0. The van der Waals surface area contributed by atoms with Crippen LogP contribution in [0.2, 0.25) is 0 Å². The molecule has 6 nitrogen and oxygen atoms in total. The number of sulfonamides is 1. The van der Waals surface area contributed by atoms with E-state index in [1.54, 1.807) is 19.1 Å². The first kappa shape index (κ1) is 18.8. The lowest BCUT2D eigenvalue weighted by molar-refractivity contribution is 0.0955. The summed E-state index contributed by atoms with van der Waals surface area (Å²) in [5.41, 5.74) is 1.81. The Morgan fingerprint density at radius 3 is 2.32 bits per heavy atom. The van der Waals surface area contributed by atoms with Crippen LogP contribution in [-0.2, 0) is 16.4 Å². The molecule has 0 spiro atoms. The number of carbonyl (C=O) groups is 1. The number of methoxy groups -OCH3 is 1. The van der Waals surface area contributed by atoms with Crippen LogP contribution in [0.4, 0.5) is 5.69 Å². The van der Waals surface area contributed by atoms with Crippen LogP contribution in [-0.4, -0.2) is 28.0 Å². The predicted molar refractivity (Wildman–Crippen MR) is 97.6 cm³/mol. The summed E-state index contributed by atoms with van der Waals surface area (Å²) in [7, 11) is -2.52. The number of benzene rings is 2. The van der Waals surface area contributed by atoms with E-state index in [1.807, 2.05) is 19.1 Å². The van der Waals surface area contributed by atoms with E-state index in [1.165, 1.54) is 25.3 Å². The predicted octanol–water partition coefficient (Wildman–Crippen LogP) is 2.81. The maximum absolute atomic E-state index is 12.7. The van der Waals surface area contributed by atoms with Gasteiger partial charge in [0.1, 0.15) is 10.6 Å². The van der Waals surface area contributed by atoms with Crippen LogP contribution in [0.3, 0.4) is 0 Å². The minimum Gasteiger partial charge on any atom is -0.495 e. The number of rotatable bonds is 7. The molecule has 2 rings (SSSR count). The summed E-state index contributed by atoms with van der Waals surface area (Å²) in [6.45, 7) is 4.27. The molecule has 0 heterocycles. The van der Waals surface area contributed by atoms with Gasteiger partial charge in [-0.05, 0) is 49.2 Å². The van der Waals surface area contributed by atoms with E-state index < -0.39 is 10.0 Å². The smallest absolute Gasteiger partial charge is 0.265 e. The minimum atomic E-state index is -3.90. The molecule has 0 bridgehead atoms. The molecule has 2 aromatic rings. The Morgan fingerprint density at radius 2 is 1.76 bits per heavy atom. The third kappa shape index (κ3) is 4.51. The SMILES string of the molecule is CCNC(=O)c1ccc(OC)c(S(=O)(=O)Nc2ccc(CC)cc2)c1. The molecule has 134 valence electrons. The van der Waals surface area contributed by atoms with E-state index in [2.05, 4.69) is 10.0 Å². The van der Waals surface area contributed by atoms with Crippen molar-refractivity contribution in [3.8, 4) is 5.75 Å². The van der Waals surface area contributed by atoms with Crippen molar-refractivity contribution in [2.45, 2.75) is 25.2 Å². The average molecular weight is 362 g/mol. The zero-order chi connectivity index (χ0) is 18.4. The van der Waals surface area contributed by atoms with Crippen molar-refractivity contribution in [2.75, 3.05) is 18.4 Å². The van der Waals surface area contributed by atoms with Crippen LogP contribution in [0, 0.1) is 0 Å². The number of hydrogen-bond acceptors (Lipinski definition) is 4. The topological polar surface area (TPSA) is 84.5 Å². The lowest BCUT2D eigenvalue weighted by atomic mass is 10.2. The molecular weight excluding hydrogens is 340 g/mol. The Kier molecular flexibility index (Phi) is 6.03. The lowest BCUT2D eigenvalue weighted by Crippen LogP contribution is -2.23. The number of aryl methyl sites for hydroxylation is 1. The number of amides is 1. The number of ether oxygens (including phenoxy) is 1. The molecule has 0 aliphatic rings. The fourth-order valence-electron chi connectivity index (χ4n) is 2.31. The Morgan fingerprint density at radius 1 is 1.08 bits per heavy atom. The minimum absolute atomic E-state index is 0.0849. The highest BCUT2D eigenvalue weighted by Crippen LogP contribution is 2.27. The van der Waals surface area contributed by atoms with Gasteiger partial charge >= 0.3 is 0 Å². The first-order valence-electron chi connectivity index (χ1n) is 7.99. The molecule has 0 atom stereocenters. The molecular formula is C18H22N2O4S. The van der Waals surface area contributed by atoms with E-state index in [0.717, 1.165) is 12.0 Å². The highest BCUT2D eigenvalue weighted by Gasteiger charge is 2.22. The van der Waals surface area contributed by atoms with Gasteiger partial charge in [-0.2, -0.15) is 0 Å². The molecule has 0 unspecified atom stereocenters.